The Morgan fingerprint density at radius 3 is 2.36 bits per heavy atom. The first-order valence-electron chi connectivity index (χ1n) is 16.6. The molecule has 0 aliphatic heterocycles. The molecule has 3 heterocycles. The Morgan fingerprint density at radius 2 is 1.64 bits per heavy atom. The number of hydrogen-bond donors (Lipinski definition) is 0. The summed E-state index contributed by atoms with van der Waals surface area (Å²) in [6.07, 6.45) is 11.7. The SMILES string of the molecule is CC(C)Cc1cc(-c2[c-]cccc2)ncc1[Si](C)(C)C.Fc1ccc2sc3c[c-]c(-c4cc(CC5CCCC5)ccn4)cc3c2c1.[Ir]. The van der Waals surface area contributed by atoms with E-state index in [1.54, 1.807) is 17.4 Å². The van der Waals surface area contributed by atoms with Crippen LogP contribution in [-0.4, -0.2) is 18.0 Å². The zero-order chi connectivity index (χ0) is 32.3. The van der Waals surface area contributed by atoms with Gasteiger partial charge in [0.1, 0.15) is 5.82 Å². The molecule has 0 atom stereocenters. The fraction of sp³-hybridized carbons (Fsp3) is 0.317. The molecule has 1 radical (unpaired) electrons. The second-order valence-corrected chi connectivity index (χ2v) is 20.2. The van der Waals surface area contributed by atoms with Crippen LogP contribution in [0.2, 0.25) is 19.6 Å². The van der Waals surface area contributed by atoms with E-state index in [1.165, 1.54) is 48.1 Å². The Kier molecular flexibility index (Phi) is 11.6. The van der Waals surface area contributed by atoms with Crippen molar-refractivity contribution < 1.29 is 24.5 Å². The molecular formula is C41H43FIrN2SSi-2. The summed E-state index contributed by atoms with van der Waals surface area (Å²) in [6.45, 7) is 11.7. The van der Waals surface area contributed by atoms with E-state index in [0.717, 1.165) is 61.4 Å². The molecule has 3 aromatic heterocycles. The molecule has 1 aliphatic rings. The van der Waals surface area contributed by atoms with Crippen LogP contribution in [-0.2, 0) is 32.9 Å². The minimum atomic E-state index is -1.34. The molecule has 6 heteroatoms. The molecule has 1 saturated carbocycles. The summed E-state index contributed by atoms with van der Waals surface area (Å²) in [5, 5.41) is 3.55. The van der Waals surface area contributed by atoms with Gasteiger partial charge >= 0.3 is 0 Å². The molecule has 0 bridgehead atoms. The average molecular weight is 835 g/mol. The van der Waals surface area contributed by atoms with Crippen LogP contribution >= 0.6 is 11.3 Å². The van der Waals surface area contributed by atoms with Gasteiger partial charge in [-0.15, -0.1) is 59.7 Å². The Morgan fingerprint density at radius 1 is 0.872 bits per heavy atom. The van der Waals surface area contributed by atoms with Gasteiger partial charge in [0.15, 0.2) is 0 Å². The Labute approximate surface area is 298 Å². The number of benzene rings is 3. The largest absolute Gasteiger partial charge is 0.305 e. The Balaban J connectivity index is 0.000000188. The van der Waals surface area contributed by atoms with Crippen LogP contribution in [0.5, 0.6) is 0 Å². The molecule has 2 nitrogen and oxygen atoms in total. The number of nitrogens with zero attached hydrogens (tertiary/aromatic N) is 2. The van der Waals surface area contributed by atoms with Gasteiger partial charge in [-0.05, 0) is 75.6 Å². The van der Waals surface area contributed by atoms with Crippen molar-refractivity contribution in [1.29, 1.82) is 0 Å². The first-order chi connectivity index (χ1) is 22.1. The predicted octanol–water partition coefficient (Wildman–Crippen LogP) is 11.1. The monoisotopic (exact) mass is 835 g/mol. The first-order valence-corrected chi connectivity index (χ1v) is 20.9. The number of thiophene rings is 1. The number of rotatable bonds is 7. The van der Waals surface area contributed by atoms with Gasteiger partial charge in [0.25, 0.3) is 0 Å². The number of aromatic nitrogens is 2. The molecule has 1 fully saturated rings. The second-order valence-electron chi connectivity index (χ2n) is 14.1. The summed E-state index contributed by atoms with van der Waals surface area (Å²) in [5.41, 5.74) is 6.90. The van der Waals surface area contributed by atoms with Crippen molar-refractivity contribution >= 4 is 44.8 Å². The maximum absolute atomic E-state index is 13.7. The van der Waals surface area contributed by atoms with Crippen LogP contribution < -0.4 is 5.19 Å². The van der Waals surface area contributed by atoms with Crippen LogP contribution in [0.25, 0.3) is 42.7 Å². The van der Waals surface area contributed by atoms with Crippen molar-refractivity contribution in [1.82, 2.24) is 9.97 Å². The minimum absolute atomic E-state index is 0. The van der Waals surface area contributed by atoms with E-state index >= 15 is 0 Å². The Bertz CT molecular complexity index is 1940. The van der Waals surface area contributed by atoms with Crippen molar-refractivity contribution in [3.8, 4) is 22.5 Å². The predicted molar refractivity (Wildman–Crippen MR) is 197 cm³/mol. The number of fused-ring (bicyclic) bond motifs is 3. The summed E-state index contributed by atoms with van der Waals surface area (Å²) < 4.78 is 15.9. The van der Waals surface area contributed by atoms with E-state index in [9.17, 15) is 4.39 Å². The molecule has 0 spiro atoms. The minimum Gasteiger partial charge on any atom is -0.305 e. The molecule has 0 amide bonds. The topological polar surface area (TPSA) is 25.8 Å². The number of halogens is 1. The summed E-state index contributed by atoms with van der Waals surface area (Å²) in [4.78, 5) is 9.26. The van der Waals surface area contributed by atoms with Crippen molar-refractivity contribution in [2.24, 2.45) is 11.8 Å². The third-order valence-corrected chi connectivity index (χ3v) is 12.1. The fourth-order valence-corrected chi connectivity index (χ4v) is 9.26. The third-order valence-electron chi connectivity index (χ3n) is 8.87. The zero-order valence-electron chi connectivity index (χ0n) is 28.0. The van der Waals surface area contributed by atoms with E-state index in [1.807, 2.05) is 36.5 Å². The van der Waals surface area contributed by atoms with E-state index < -0.39 is 8.07 Å². The first kappa shape index (κ1) is 35.3. The Hall–Kier alpha value is -3.02. The fourth-order valence-electron chi connectivity index (χ4n) is 6.62. The van der Waals surface area contributed by atoms with Crippen LogP contribution in [0.4, 0.5) is 4.39 Å². The molecule has 0 N–H and O–H groups in total. The molecular weight excluding hydrogens is 792 g/mol. The molecule has 245 valence electrons. The van der Waals surface area contributed by atoms with Gasteiger partial charge in [-0.3, -0.25) is 0 Å². The zero-order valence-corrected chi connectivity index (χ0v) is 32.2. The molecule has 0 saturated heterocycles. The third kappa shape index (κ3) is 8.72. The van der Waals surface area contributed by atoms with E-state index in [2.05, 4.69) is 92.1 Å². The quantitative estimate of drug-likeness (QED) is 0.118. The number of hydrogen-bond acceptors (Lipinski definition) is 3. The molecule has 6 aromatic rings. The van der Waals surface area contributed by atoms with Crippen molar-refractivity contribution in [3.05, 3.63) is 114 Å². The molecule has 7 rings (SSSR count). The maximum Gasteiger partial charge on any atom is 0.123 e. The smallest absolute Gasteiger partial charge is 0.123 e. The molecule has 47 heavy (non-hydrogen) atoms. The van der Waals surface area contributed by atoms with Gasteiger partial charge in [-0.2, -0.15) is 11.3 Å². The molecule has 3 aromatic carbocycles. The summed E-state index contributed by atoms with van der Waals surface area (Å²) in [5.74, 6) is 1.30. The maximum atomic E-state index is 13.7. The van der Waals surface area contributed by atoms with Gasteiger partial charge in [0.2, 0.25) is 0 Å². The standard InChI is InChI=1S/C23H19FNS.C18H24NSi.Ir/c24-18-6-8-23-20(14-18)19-13-17(5-7-22(19)26-23)21-12-16(9-10-25-21)11-15-3-1-2-4-15;1-14(2)11-16-12-17(15-9-7-6-8-10-15)19-13-18(16)20(3,4)5;/h6-10,12-15H,1-4,11H2;6-9,12-14H,11H2,1-5H3;/q2*-1;. The van der Waals surface area contributed by atoms with Gasteiger partial charge in [-0.1, -0.05) is 87.8 Å². The van der Waals surface area contributed by atoms with Crippen molar-refractivity contribution in [2.45, 2.75) is 72.0 Å². The van der Waals surface area contributed by atoms with E-state index in [-0.39, 0.29) is 25.9 Å². The molecule has 0 unspecified atom stereocenters. The van der Waals surface area contributed by atoms with Gasteiger partial charge in [0, 0.05) is 37.2 Å². The van der Waals surface area contributed by atoms with Crippen LogP contribution in [0, 0.1) is 29.8 Å². The van der Waals surface area contributed by atoms with Gasteiger partial charge < -0.3 is 9.97 Å². The van der Waals surface area contributed by atoms with Crippen molar-refractivity contribution in [2.75, 3.05) is 0 Å². The average Bonchev–Trinajstić information content (AvgIpc) is 3.68. The normalized spacial score (nSPS) is 13.5. The van der Waals surface area contributed by atoms with Crippen LogP contribution in [0.1, 0.15) is 50.7 Å². The van der Waals surface area contributed by atoms with E-state index in [4.69, 9.17) is 0 Å². The van der Waals surface area contributed by atoms with Gasteiger partial charge in [-0.25, -0.2) is 4.39 Å². The van der Waals surface area contributed by atoms with Gasteiger partial charge in [0.05, 0.1) is 8.07 Å². The van der Waals surface area contributed by atoms with Crippen molar-refractivity contribution in [3.63, 3.8) is 0 Å². The summed E-state index contributed by atoms with van der Waals surface area (Å²) in [7, 11) is -1.34. The number of pyridine rings is 2. The van der Waals surface area contributed by atoms with E-state index in [0.29, 0.717) is 5.92 Å². The van der Waals surface area contributed by atoms with Crippen LogP contribution in [0.15, 0.2) is 85.2 Å². The van der Waals surface area contributed by atoms with Crippen LogP contribution in [0.3, 0.4) is 0 Å². The molecule has 1 aliphatic carbocycles. The summed E-state index contributed by atoms with van der Waals surface area (Å²) in [6, 6.07) is 30.5. The second kappa shape index (κ2) is 15.5. The summed E-state index contributed by atoms with van der Waals surface area (Å²) >= 11 is 1.68.